The zero-order valence-corrected chi connectivity index (χ0v) is 15.5. The van der Waals surface area contributed by atoms with E-state index in [4.69, 9.17) is 0 Å². The summed E-state index contributed by atoms with van der Waals surface area (Å²) in [6.45, 7) is 8.07. The van der Waals surface area contributed by atoms with Gasteiger partial charge in [0.15, 0.2) is 0 Å². The Morgan fingerprint density at radius 1 is 1.08 bits per heavy atom. The first-order chi connectivity index (χ1) is 11.8. The van der Waals surface area contributed by atoms with Crippen LogP contribution in [0.15, 0.2) is 0 Å². The second kappa shape index (κ2) is 9.10. The fourth-order valence-corrected chi connectivity index (χ4v) is 4.01. The number of hydrogen-bond acceptors (Lipinski definition) is 2. The van der Waals surface area contributed by atoms with Crippen LogP contribution in [0.5, 0.6) is 0 Å². The molecule has 2 saturated heterocycles. The van der Waals surface area contributed by atoms with Crippen molar-refractivity contribution < 1.29 is 18.0 Å². The number of carbonyl (C=O) groups excluding carboxylic acids is 1. The number of piperidine rings is 2. The van der Waals surface area contributed by atoms with Crippen molar-refractivity contribution in [2.24, 2.45) is 5.92 Å². The van der Waals surface area contributed by atoms with E-state index in [1.54, 1.807) is 6.92 Å². The Morgan fingerprint density at radius 3 is 2.16 bits per heavy atom. The van der Waals surface area contributed by atoms with Crippen LogP contribution >= 0.6 is 0 Å². The predicted octanol–water partition coefficient (Wildman–Crippen LogP) is 3.97. The van der Waals surface area contributed by atoms with Gasteiger partial charge in [-0.15, -0.1) is 0 Å². The third kappa shape index (κ3) is 6.35. The van der Waals surface area contributed by atoms with Gasteiger partial charge in [0.05, 0.1) is 6.42 Å². The fraction of sp³-hybridized carbons (Fsp3) is 0.944. The Kier molecular flexibility index (Phi) is 7.40. The molecule has 2 aliphatic rings. The van der Waals surface area contributed by atoms with E-state index < -0.39 is 18.6 Å². The van der Waals surface area contributed by atoms with Crippen molar-refractivity contribution in [3.05, 3.63) is 0 Å². The number of halogens is 3. The Hall–Kier alpha value is -0.980. The molecule has 25 heavy (non-hydrogen) atoms. The van der Waals surface area contributed by atoms with Gasteiger partial charge in [0.25, 0.3) is 0 Å². The number of urea groups is 1. The van der Waals surface area contributed by atoms with Gasteiger partial charge in [-0.2, -0.15) is 13.2 Å². The van der Waals surface area contributed by atoms with Crippen LogP contribution in [0.3, 0.4) is 0 Å². The molecule has 1 atom stereocenters. The van der Waals surface area contributed by atoms with Crippen molar-refractivity contribution in [1.29, 1.82) is 0 Å². The molecule has 146 valence electrons. The number of hydrogen-bond donors (Lipinski definition) is 0. The standard InChI is InChI=1S/C18H32F3N3O/c1-3-22(15(2)13-18(19,20)21)14-16-7-11-24(12-8-16)17(25)23-9-5-4-6-10-23/h15-16H,3-14H2,1-2H3. The SMILES string of the molecule is CCN(CC1CCN(C(=O)N2CCCCC2)CC1)C(C)CC(F)(F)F. The molecule has 0 saturated carbocycles. The zero-order valence-electron chi connectivity index (χ0n) is 15.5. The maximum absolute atomic E-state index is 12.6. The summed E-state index contributed by atoms with van der Waals surface area (Å²) in [6, 6.07) is -0.339. The van der Waals surface area contributed by atoms with E-state index in [9.17, 15) is 18.0 Å². The molecular weight excluding hydrogens is 331 g/mol. The van der Waals surface area contributed by atoms with E-state index in [2.05, 4.69) is 0 Å². The van der Waals surface area contributed by atoms with E-state index in [0.717, 1.165) is 51.9 Å². The van der Waals surface area contributed by atoms with Crippen LogP contribution in [0.2, 0.25) is 0 Å². The number of likely N-dealkylation sites (tertiary alicyclic amines) is 2. The topological polar surface area (TPSA) is 26.8 Å². The molecule has 7 heteroatoms. The lowest BCUT2D eigenvalue weighted by Crippen LogP contribution is -2.49. The van der Waals surface area contributed by atoms with Crippen LogP contribution in [0.1, 0.15) is 52.4 Å². The molecule has 2 rings (SSSR count). The summed E-state index contributed by atoms with van der Waals surface area (Å²) in [5, 5.41) is 0. The van der Waals surface area contributed by atoms with Gasteiger partial charge in [0.2, 0.25) is 0 Å². The maximum atomic E-state index is 12.6. The van der Waals surface area contributed by atoms with Crippen LogP contribution < -0.4 is 0 Å². The first kappa shape index (κ1) is 20.3. The molecule has 2 fully saturated rings. The van der Waals surface area contributed by atoms with Gasteiger partial charge in [0, 0.05) is 38.8 Å². The lowest BCUT2D eigenvalue weighted by atomic mass is 9.95. The minimum atomic E-state index is -4.11. The summed E-state index contributed by atoms with van der Waals surface area (Å²) in [5.74, 6) is 0.376. The van der Waals surface area contributed by atoms with Gasteiger partial charge in [-0.25, -0.2) is 4.79 Å². The molecule has 1 unspecified atom stereocenters. The van der Waals surface area contributed by atoms with Crippen molar-refractivity contribution in [3.8, 4) is 0 Å². The van der Waals surface area contributed by atoms with E-state index in [1.165, 1.54) is 6.42 Å². The maximum Gasteiger partial charge on any atom is 0.390 e. The average molecular weight is 363 g/mol. The van der Waals surface area contributed by atoms with Crippen LogP contribution in [0, 0.1) is 5.92 Å². The van der Waals surface area contributed by atoms with Crippen LogP contribution in [-0.4, -0.2) is 72.2 Å². The van der Waals surface area contributed by atoms with Gasteiger partial charge in [-0.05, 0) is 51.5 Å². The van der Waals surface area contributed by atoms with Crippen molar-refractivity contribution in [1.82, 2.24) is 14.7 Å². The van der Waals surface area contributed by atoms with Gasteiger partial charge in [-0.3, -0.25) is 0 Å². The molecule has 2 heterocycles. The molecule has 0 bridgehead atoms. The third-order valence-corrected chi connectivity index (χ3v) is 5.56. The molecule has 0 spiro atoms. The van der Waals surface area contributed by atoms with E-state index in [0.29, 0.717) is 19.0 Å². The third-order valence-electron chi connectivity index (χ3n) is 5.56. The van der Waals surface area contributed by atoms with E-state index in [-0.39, 0.29) is 6.03 Å². The minimum absolute atomic E-state index is 0.149. The first-order valence-corrected chi connectivity index (χ1v) is 9.64. The van der Waals surface area contributed by atoms with Gasteiger partial charge in [0.1, 0.15) is 0 Å². The molecule has 0 aromatic rings. The van der Waals surface area contributed by atoms with Gasteiger partial charge < -0.3 is 14.7 Å². The summed E-state index contributed by atoms with van der Waals surface area (Å²) < 4.78 is 37.9. The zero-order chi connectivity index (χ0) is 18.4. The predicted molar refractivity (Wildman–Crippen MR) is 92.5 cm³/mol. The van der Waals surface area contributed by atoms with Crippen molar-refractivity contribution in [2.75, 3.05) is 39.3 Å². The van der Waals surface area contributed by atoms with E-state index >= 15 is 0 Å². The van der Waals surface area contributed by atoms with Crippen LogP contribution in [0.4, 0.5) is 18.0 Å². The Bertz CT molecular complexity index is 416. The number of alkyl halides is 3. The number of carbonyl (C=O) groups is 1. The summed E-state index contributed by atoms with van der Waals surface area (Å²) in [5.41, 5.74) is 0. The quantitative estimate of drug-likeness (QED) is 0.739. The highest BCUT2D eigenvalue weighted by Gasteiger charge is 2.33. The average Bonchev–Trinajstić information content (AvgIpc) is 2.58. The van der Waals surface area contributed by atoms with Crippen molar-refractivity contribution >= 4 is 6.03 Å². The molecule has 0 aliphatic carbocycles. The molecule has 0 radical (unpaired) electrons. The van der Waals surface area contributed by atoms with Crippen molar-refractivity contribution in [2.45, 2.75) is 64.6 Å². The highest BCUT2D eigenvalue weighted by atomic mass is 19.4. The minimum Gasteiger partial charge on any atom is -0.325 e. The summed E-state index contributed by atoms with van der Waals surface area (Å²) in [7, 11) is 0. The highest BCUT2D eigenvalue weighted by molar-refractivity contribution is 5.74. The number of rotatable bonds is 5. The molecule has 4 nitrogen and oxygen atoms in total. The molecule has 0 aromatic carbocycles. The lowest BCUT2D eigenvalue weighted by Gasteiger charge is -2.39. The van der Waals surface area contributed by atoms with E-state index in [1.807, 2.05) is 21.6 Å². The molecule has 2 aliphatic heterocycles. The summed E-state index contributed by atoms with van der Waals surface area (Å²) in [4.78, 5) is 18.3. The Labute approximate surface area is 149 Å². The normalized spacial score (nSPS) is 21.7. The van der Waals surface area contributed by atoms with Gasteiger partial charge in [-0.1, -0.05) is 6.92 Å². The fourth-order valence-electron chi connectivity index (χ4n) is 4.01. The second-order valence-electron chi connectivity index (χ2n) is 7.52. The van der Waals surface area contributed by atoms with Gasteiger partial charge >= 0.3 is 12.2 Å². The molecule has 2 amide bonds. The smallest absolute Gasteiger partial charge is 0.325 e. The molecule has 0 aromatic heterocycles. The Balaban J connectivity index is 1.77. The number of amides is 2. The van der Waals surface area contributed by atoms with Crippen LogP contribution in [0.25, 0.3) is 0 Å². The van der Waals surface area contributed by atoms with Crippen LogP contribution in [-0.2, 0) is 0 Å². The highest BCUT2D eigenvalue weighted by Crippen LogP contribution is 2.26. The first-order valence-electron chi connectivity index (χ1n) is 9.64. The summed E-state index contributed by atoms with van der Waals surface area (Å²) >= 11 is 0. The summed E-state index contributed by atoms with van der Waals surface area (Å²) in [6.07, 6.45) is 0.276. The second-order valence-corrected chi connectivity index (χ2v) is 7.52. The monoisotopic (exact) mass is 363 g/mol. The molecular formula is C18H32F3N3O. The molecule has 0 N–H and O–H groups in total. The number of nitrogens with zero attached hydrogens (tertiary/aromatic N) is 3. The lowest BCUT2D eigenvalue weighted by molar-refractivity contribution is -0.146. The largest absolute Gasteiger partial charge is 0.390 e. The Morgan fingerprint density at radius 2 is 1.64 bits per heavy atom. The van der Waals surface area contributed by atoms with Crippen molar-refractivity contribution in [3.63, 3.8) is 0 Å².